The minimum absolute atomic E-state index is 0.00417. The second kappa shape index (κ2) is 7.31. The molecule has 6 nitrogen and oxygen atoms in total. The highest BCUT2D eigenvalue weighted by Crippen LogP contribution is 2.23. The molecule has 2 unspecified atom stereocenters. The zero-order valence-corrected chi connectivity index (χ0v) is 9.77. The smallest absolute Gasteiger partial charge is 0.301 e. The van der Waals surface area contributed by atoms with Crippen molar-refractivity contribution in [2.45, 2.75) is 44.0 Å². The normalized spacial score (nSPS) is 32.6. The first-order valence-corrected chi connectivity index (χ1v) is 6.33. The summed E-state index contributed by atoms with van der Waals surface area (Å²) < 4.78 is 28.9. The Morgan fingerprint density at radius 2 is 2.06 bits per heavy atom. The number of rotatable bonds is 6. The maximum absolute atomic E-state index is 10.3. The molecule has 1 fully saturated rings. The first-order chi connectivity index (χ1) is 7.61. The molecule has 0 spiro atoms. The number of hydrogen-bond acceptors (Lipinski definition) is 5. The highest BCUT2D eigenvalue weighted by Gasteiger charge is 2.28. The van der Waals surface area contributed by atoms with Gasteiger partial charge in [-0.2, -0.15) is 4.21 Å². The summed E-state index contributed by atoms with van der Waals surface area (Å²) in [6.45, 7) is 0.0908. The molecule has 0 aromatic rings. The summed E-state index contributed by atoms with van der Waals surface area (Å²) >= 11 is -2.30. The molecule has 1 aliphatic heterocycles. The van der Waals surface area contributed by atoms with Crippen LogP contribution in [0.5, 0.6) is 0 Å². The molecular weight excluding hydrogens is 236 g/mol. The van der Waals surface area contributed by atoms with Crippen LogP contribution in [0.4, 0.5) is 0 Å². The molecule has 1 saturated heterocycles. The standard InChI is InChI=1S/C9H18O6S/c10-3-1-2-8-4-7(11)5-9(15-8)6-14-16(12)13/h7-11H,1-6H2,(H,12,13)/t7-,8-,9?/m0/s1. The Hall–Kier alpha value is -0.0500. The van der Waals surface area contributed by atoms with Crippen LogP contribution in [-0.2, 0) is 20.3 Å². The van der Waals surface area contributed by atoms with Crippen LogP contribution in [0.1, 0.15) is 25.7 Å². The van der Waals surface area contributed by atoms with Gasteiger partial charge < -0.3 is 14.9 Å². The topological polar surface area (TPSA) is 96.2 Å². The summed E-state index contributed by atoms with van der Waals surface area (Å²) in [5.74, 6) is 0. The van der Waals surface area contributed by atoms with Crippen molar-refractivity contribution in [2.75, 3.05) is 13.2 Å². The molecule has 0 saturated carbocycles. The molecule has 16 heavy (non-hydrogen) atoms. The van der Waals surface area contributed by atoms with Crippen LogP contribution < -0.4 is 0 Å². The summed E-state index contributed by atoms with van der Waals surface area (Å²) in [7, 11) is 0. The van der Waals surface area contributed by atoms with Gasteiger partial charge in [-0.3, -0.25) is 8.74 Å². The monoisotopic (exact) mass is 254 g/mol. The van der Waals surface area contributed by atoms with E-state index in [0.29, 0.717) is 25.7 Å². The van der Waals surface area contributed by atoms with E-state index in [-0.39, 0.29) is 25.4 Å². The predicted molar refractivity (Wildman–Crippen MR) is 56.9 cm³/mol. The average molecular weight is 254 g/mol. The quantitative estimate of drug-likeness (QED) is 0.569. The van der Waals surface area contributed by atoms with Gasteiger partial charge in [-0.15, -0.1) is 0 Å². The average Bonchev–Trinajstić information content (AvgIpc) is 2.23. The van der Waals surface area contributed by atoms with Gasteiger partial charge in [0, 0.05) is 13.0 Å². The van der Waals surface area contributed by atoms with Crippen LogP contribution in [0.3, 0.4) is 0 Å². The molecular formula is C9H18O6S. The third kappa shape index (κ3) is 5.33. The largest absolute Gasteiger partial charge is 0.396 e. The van der Waals surface area contributed by atoms with E-state index >= 15 is 0 Å². The number of aliphatic hydroxyl groups is 2. The third-order valence-corrected chi connectivity index (χ3v) is 2.83. The van der Waals surface area contributed by atoms with Crippen LogP contribution in [-0.4, -0.2) is 50.5 Å². The lowest BCUT2D eigenvalue weighted by molar-refractivity contribution is -0.111. The van der Waals surface area contributed by atoms with Gasteiger partial charge in [0.15, 0.2) is 0 Å². The van der Waals surface area contributed by atoms with Gasteiger partial charge in [0.2, 0.25) is 0 Å². The lowest BCUT2D eigenvalue weighted by Gasteiger charge is -2.32. The second-order valence-electron chi connectivity index (χ2n) is 3.87. The molecule has 0 aromatic heterocycles. The molecule has 96 valence electrons. The minimum atomic E-state index is -2.30. The Labute approximate surface area is 97.1 Å². The molecule has 1 heterocycles. The molecule has 1 rings (SSSR count). The SMILES string of the molecule is O=S(O)OCC1C[C@@H](O)C[C@H](CCCO)O1. The fraction of sp³-hybridized carbons (Fsp3) is 1.00. The van der Waals surface area contributed by atoms with Crippen LogP contribution in [0.25, 0.3) is 0 Å². The molecule has 0 bridgehead atoms. The van der Waals surface area contributed by atoms with Gasteiger partial charge in [0.25, 0.3) is 0 Å². The maximum atomic E-state index is 10.3. The van der Waals surface area contributed by atoms with Crippen molar-refractivity contribution < 1.29 is 27.9 Å². The maximum Gasteiger partial charge on any atom is 0.301 e. The lowest BCUT2D eigenvalue weighted by atomic mass is 9.98. The zero-order chi connectivity index (χ0) is 12.0. The molecule has 0 amide bonds. The van der Waals surface area contributed by atoms with Gasteiger partial charge in [0.1, 0.15) is 0 Å². The first kappa shape index (κ1) is 14.0. The minimum Gasteiger partial charge on any atom is -0.396 e. The number of aliphatic hydroxyl groups excluding tert-OH is 2. The van der Waals surface area contributed by atoms with Crippen molar-refractivity contribution in [3.63, 3.8) is 0 Å². The van der Waals surface area contributed by atoms with Crippen molar-refractivity contribution >= 4 is 11.4 Å². The van der Waals surface area contributed by atoms with E-state index in [1.54, 1.807) is 0 Å². The highest BCUT2D eigenvalue weighted by molar-refractivity contribution is 7.74. The van der Waals surface area contributed by atoms with Crippen LogP contribution in [0, 0.1) is 0 Å². The first-order valence-electron chi connectivity index (χ1n) is 5.30. The van der Waals surface area contributed by atoms with Gasteiger partial charge in [0.05, 0.1) is 24.9 Å². The molecule has 7 heteroatoms. The number of hydrogen-bond donors (Lipinski definition) is 3. The Morgan fingerprint density at radius 1 is 1.38 bits per heavy atom. The number of ether oxygens (including phenoxy) is 1. The molecule has 4 atom stereocenters. The lowest BCUT2D eigenvalue weighted by Crippen LogP contribution is -2.38. The van der Waals surface area contributed by atoms with Gasteiger partial charge in [-0.05, 0) is 19.3 Å². The van der Waals surface area contributed by atoms with E-state index in [0.717, 1.165) is 0 Å². The highest BCUT2D eigenvalue weighted by atomic mass is 32.2. The van der Waals surface area contributed by atoms with E-state index < -0.39 is 17.5 Å². The third-order valence-electron chi connectivity index (χ3n) is 2.49. The van der Waals surface area contributed by atoms with Gasteiger partial charge in [-0.25, -0.2) is 0 Å². The fourth-order valence-electron chi connectivity index (χ4n) is 1.83. The molecule has 0 radical (unpaired) electrons. The predicted octanol–water partition coefficient (Wildman–Crippen LogP) is -0.179. The van der Waals surface area contributed by atoms with E-state index in [2.05, 4.69) is 4.18 Å². The second-order valence-corrected chi connectivity index (χ2v) is 4.54. The van der Waals surface area contributed by atoms with Crippen LogP contribution in [0.2, 0.25) is 0 Å². The van der Waals surface area contributed by atoms with Crippen molar-refractivity contribution in [3.05, 3.63) is 0 Å². The van der Waals surface area contributed by atoms with E-state index in [4.69, 9.17) is 14.4 Å². The van der Waals surface area contributed by atoms with E-state index in [1.165, 1.54) is 0 Å². The summed E-state index contributed by atoms with van der Waals surface area (Å²) in [4.78, 5) is 0. The Bertz CT molecular complexity index is 224. The van der Waals surface area contributed by atoms with E-state index in [9.17, 15) is 9.32 Å². The fourth-order valence-corrected chi connectivity index (χ4v) is 2.10. The Kier molecular flexibility index (Phi) is 6.40. The Morgan fingerprint density at radius 3 is 2.69 bits per heavy atom. The Balaban J connectivity index is 2.32. The van der Waals surface area contributed by atoms with Crippen LogP contribution in [0.15, 0.2) is 0 Å². The van der Waals surface area contributed by atoms with Gasteiger partial charge >= 0.3 is 11.4 Å². The van der Waals surface area contributed by atoms with Crippen molar-refractivity contribution in [1.29, 1.82) is 0 Å². The summed E-state index contributed by atoms with van der Waals surface area (Å²) in [5, 5.41) is 18.3. The van der Waals surface area contributed by atoms with E-state index in [1.807, 2.05) is 0 Å². The van der Waals surface area contributed by atoms with Crippen molar-refractivity contribution in [1.82, 2.24) is 0 Å². The molecule has 1 aliphatic rings. The molecule has 0 aliphatic carbocycles. The summed E-state index contributed by atoms with van der Waals surface area (Å²) in [5.41, 5.74) is 0. The zero-order valence-electron chi connectivity index (χ0n) is 8.95. The van der Waals surface area contributed by atoms with Crippen molar-refractivity contribution in [3.8, 4) is 0 Å². The summed E-state index contributed by atoms with van der Waals surface area (Å²) in [6.07, 6.45) is 1.30. The summed E-state index contributed by atoms with van der Waals surface area (Å²) in [6, 6.07) is 0. The van der Waals surface area contributed by atoms with Crippen molar-refractivity contribution in [2.24, 2.45) is 0 Å². The van der Waals surface area contributed by atoms with Crippen LogP contribution >= 0.6 is 0 Å². The molecule has 0 aromatic carbocycles. The van der Waals surface area contributed by atoms with Gasteiger partial charge in [-0.1, -0.05) is 0 Å². The molecule has 3 N–H and O–H groups in total.